The molecule has 0 saturated carbocycles. The number of halogens is 1. The third-order valence-electron chi connectivity index (χ3n) is 6.27. The molecule has 0 bridgehead atoms. The Morgan fingerprint density at radius 3 is 2.86 bits per heavy atom. The third-order valence-corrected chi connectivity index (χ3v) is 6.27. The number of aryl methyl sites for hydroxylation is 1. The minimum absolute atomic E-state index is 0.0380. The Bertz CT molecular complexity index is 1440. The van der Waals surface area contributed by atoms with Crippen LogP contribution < -0.4 is 16.0 Å². The summed E-state index contributed by atoms with van der Waals surface area (Å²) in [6.07, 6.45) is 2.45. The van der Waals surface area contributed by atoms with Gasteiger partial charge in [0.1, 0.15) is 17.0 Å². The van der Waals surface area contributed by atoms with Crippen LogP contribution in [-0.2, 0) is 18.4 Å². The zero-order valence-electron chi connectivity index (χ0n) is 19.8. The normalized spacial score (nSPS) is 15.7. The number of urea groups is 1. The van der Waals surface area contributed by atoms with Gasteiger partial charge >= 0.3 is 6.03 Å². The number of fused-ring (bicyclic) bond motifs is 3. The van der Waals surface area contributed by atoms with E-state index in [1.807, 2.05) is 23.7 Å². The number of hydrogen-bond acceptors (Lipinski definition) is 5. The standard InChI is InChI=1S/C24H27FN8O2/c1-13(34)29-17-4-5-33(11-17)24(35)27-10-14-6-15(8-16(25)7-14)19-9-18-21-20(28-12-32(21)3)23(26-2)31-22(18)30-19/h6-9,12,17H,4-5,10-11H2,1-3H3,(H,27,35)(H,29,34)(H2,26,30,31). The molecule has 0 spiro atoms. The lowest BCUT2D eigenvalue weighted by molar-refractivity contribution is -0.119. The molecule has 1 aliphatic rings. The number of hydrogen-bond donors (Lipinski definition) is 4. The van der Waals surface area contributed by atoms with Crippen molar-refractivity contribution in [1.29, 1.82) is 0 Å². The number of nitrogens with one attached hydrogen (secondary N) is 4. The lowest BCUT2D eigenvalue weighted by atomic mass is 10.1. The van der Waals surface area contributed by atoms with E-state index in [9.17, 15) is 14.0 Å². The fraction of sp³-hybridized carbons (Fsp3) is 0.333. The highest BCUT2D eigenvalue weighted by molar-refractivity contribution is 6.07. The van der Waals surface area contributed by atoms with Crippen molar-refractivity contribution in [2.45, 2.75) is 25.9 Å². The monoisotopic (exact) mass is 478 g/mol. The van der Waals surface area contributed by atoms with E-state index in [0.717, 1.165) is 16.4 Å². The SMILES string of the molecule is CNc1nc2[nH]c(-c3cc(F)cc(CNC(=O)N4CCC(NC(C)=O)C4)c3)cc2c2c1ncn2C. The molecular weight excluding hydrogens is 451 g/mol. The number of H-pyrrole nitrogens is 1. The number of anilines is 1. The van der Waals surface area contributed by atoms with Gasteiger partial charge < -0.3 is 30.4 Å². The van der Waals surface area contributed by atoms with Crippen molar-refractivity contribution >= 4 is 39.8 Å². The number of aromatic amines is 1. The highest BCUT2D eigenvalue weighted by Gasteiger charge is 2.26. The summed E-state index contributed by atoms with van der Waals surface area (Å²) in [5.41, 5.74) is 4.36. The first kappa shape index (κ1) is 22.6. The topological polar surface area (TPSA) is 120 Å². The molecule has 182 valence electrons. The molecule has 0 radical (unpaired) electrons. The number of amides is 3. The Kier molecular flexibility index (Phi) is 5.75. The Morgan fingerprint density at radius 1 is 1.26 bits per heavy atom. The van der Waals surface area contributed by atoms with E-state index < -0.39 is 5.82 Å². The average molecular weight is 479 g/mol. The van der Waals surface area contributed by atoms with Gasteiger partial charge in [-0.25, -0.2) is 19.2 Å². The highest BCUT2D eigenvalue weighted by atomic mass is 19.1. The number of aromatic nitrogens is 4. The Labute approximate surface area is 200 Å². The number of imidazole rings is 1. The number of likely N-dealkylation sites (tertiary alicyclic amines) is 1. The summed E-state index contributed by atoms with van der Waals surface area (Å²) >= 11 is 0. The number of nitrogens with zero attached hydrogens (tertiary/aromatic N) is 4. The number of carbonyl (C=O) groups excluding carboxylic acids is 2. The smallest absolute Gasteiger partial charge is 0.317 e. The van der Waals surface area contributed by atoms with E-state index >= 15 is 0 Å². The Balaban J connectivity index is 1.37. The summed E-state index contributed by atoms with van der Waals surface area (Å²) in [5, 5.41) is 9.65. The maximum atomic E-state index is 14.5. The lowest BCUT2D eigenvalue weighted by Crippen LogP contribution is -2.41. The van der Waals surface area contributed by atoms with Crippen molar-refractivity contribution in [1.82, 2.24) is 35.1 Å². The van der Waals surface area contributed by atoms with E-state index in [4.69, 9.17) is 0 Å². The fourth-order valence-corrected chi connectivity index (χ4v) is 4.68. The van der Waals surface area contributed by atoms with Crippen molar-refractivity contribution < 1.29 is 14.0 Å². The van der Waals surface area contributed by atoms with Gasteiger partial charge in [0.25, 0.3) is 0 Å². The average Bonchev–Trinajstić information content (AvgIpc) is 3.54. The largest absolute Gasteiger partial charge is 0.371 e. The van der Waals surface area contributed by atoms with Gasteiger partial charge in [-0.15, -0.1) is 0 Å². The van der Waals surface area contributed by atoms with Crippen molar-refractivity contribution in [3.8, 4) is 11.3 Å². The summed E-state index contributed by atoms with van der Waals surface area (Å²) in [7, 11) is 3.71. The van der Waals surface area contributed by atoms with Crippen molar-refractivity contribution in [3.05, 3.63) is 42.0 Å². The lowest BCUT2D eigenvalue weighted by Gasteiger charge is -2.18. The molecule has 3 aromatic heterocycles. The first-order chi connectivity index (χ1) is 16.8. The molecule has 11 heteroatoms. The van der Waals surface area contributed by atoms with Gasteiger partial charge in [0.2, 0.25) is 5.91 Å². The molecule has 5 rings (SSSR count). The molecule has 4 heterocycles. The van der Waals surface area contributed by atoms with Gasteiger partial charge in [0.05, 0.1) is 11.8 Å². The predicted octanol–water partition coefficient (Wildman–Crippen LogP) is 2.72. The fourth-order valence-electron chi connectivity index (χ4n) is 4.68. The third kappa shape index (κ3) is 4.36. The number of pyridine rings is 1. The Morgan fingerprint density at radius 2 is 2.09 bits per heavy atom. The minimum Gasteiger partial charge on any atom is -0.371 e. The van der Waals surface area contributed by atoms with E-state index in [-0.39, 0.29) is 24.5 Å². The maximum absolute atomic E-state index is 14.5. The van der Waals surface area contributed by atoms with Crippen LogP contribution in [0.3, 0.4) is 0 Å². The quantitative estimate of drug-likeness (QED) is 0.352. The molecule has 1 unspecified atom stereocenters. The van der Waals surface area contributed by atoms with E-state index in [1.165, 1.54) is 19.1 Å². The zero-order chi connectivity index (χ0) is 24.7. The molecule has 3 amide bonds. The summed E-state index contributed by atoms with van der Waals surface area (Å²) in [5.74, 6) is 0.154. The minimum atomic E-state index is -0.396. The number of benzene rings is 1. The molecule has 1 aromatic carbocycles. The van der Waals surface area contributed by atoms with Gasteiger partial charge in [-0.1, -0.05) is 0 Å². The first-order valence-electron chi connectivity index (χ1n) is 11.4. The maximum Gasteiger partial charge on any atom is 0.317 e. The highest BCUT2D eigenvalue weighted by Crippen LogP contribution is 2.32. The van der Waals surface area contributed by atoms with Crippen LogP contribution in [0.2, 0.25) is 0 Å². The van der Waals surface area contributed by atoms with Crippen LogP contribution in [0.5, 0.6) is 0 Å². The molecule has 1 aliphatic heterocycles. The second kappa shape index (κ2) is 8.90. The van der Waals surface area contributed by atoms with Crippen LogP contribution in [0.1, 0.15) is 18.9 Å². The van der Waals surface area contributed by atoms with Crippen LogP contribution in [0.25, 0.3) is 33.3 Å². The van der Waals surface area contributed by atoms with Crippen LogP contribution in [0.4, 0.5) is 15.0 Å². The summed E-state index contributed by atoms with van der Waals surface area (Å²) < 4.78 is 16.5. The molecule has 10 nitrogen and oxygen atoms in total. The van der Waals surface area contributed by atoms with Crippen LogP contribution in [0.15, 0.2) is 30.6 Å². The van der Waals surface area contributed by atoms with E-state index in [1.54, 1.807) is 18.3 Å². The summed E-state index contributed by atoms with van der Waals surface area (Å²) in [6.45, 7) is 2.66. The van der Waals surface area contributed by atoms with Crippen molar-refractivity contribution in [2.24, 2.45) is 7.05 Å². The van der Waals surface area contributed by atoms with E-state index in [2.05, 4.69) is 30.9 Å². The zero-order valence-corrected chi connectivity index (χ0v) is 19.8. The van der Waals surface area contributed by atoms with Gasteiger partial charge in [-0.05, 0) is 36.2 Å². The van der Waals surface area contributed by atoms with Gasteiger partial charge in [-0.3, -0.25) is 4.79 Å². The van der Waals surface area contributed by atoms with Crippen LogP contribution >= 0.6 is 0 Å². The summed E-state index contributed by atoms with van der Waals surface area (Å²) in [4.78, 5) is 37.8. The van der Waals surface area contributed by atoms with Crippen LogP contribution in [0, 0.1) is 5.82 Å². The Hall–Kier alpha value is -4.15. The molecule has 4 N–H and O–H groups in total. The number of rotatable bonds is 5. The molecule has 1 atom stereocenters. The molecule has 35 heavy (non-hydrogen) atoms. The van der Waals surface area contributed by atoms with Crippen molar-refractivity contribution in [2.75, 3.05) is 25.5 Å². The molecule has 1 fully saturated rings. The second-order valence-corrected chi connectivity index (χ2v) is 8.85. The molecule has 1 saturated heterocycles. The molecule has 0 aliphatic carbocycles. The van der Waals surface area contributed by atoms with Gasteiger partial charge in [0, 0.05) is 63.3 Å². The predicted molar refractivity (Wildman–Crippen MR) is 131 cm³/mol. The van der Waals surface area contributed by atoms with E-state index in [0.29, 0.717) is 47.8 Å². The molecular formula is C24H27FN8O2. The number of carbonyl (C=O) groups is 2. The molecule has 4 aromatic rings. The van der Waals surface area contributed by atoms with Crippen molar-refractivity contribution in [3.63, 3.8) is 0 Å². The van der Waals surface area contributed by atoms with Gasteiger partial charge in [0.15, 0.2) is 5.82 Å². The first-order valence-corrected chi connectivity index (χ1v) is 11.4. The van der Waals surface area contributed by atoms with Crippen LogP contribution in [-0.4, -0.2) is 62.5 Å². The van der Waals surface area contributed by atoms with Gasteiger partial charge in [-0.2, -0.15) is 0 Å². The second-order valence-electron chi connectivity index (χ2n) is 8.85. The summed E-state index contributed by atoms with van der Waals surface area (Å²) in [6, 6.07) is 6.37.